The van der Waals surface area contributed by atoms with E-state index in [1.807, 2.05) is 36.4 Å². The summed E-state index contributed by atoms with van der Waals surface area (Å²) in [7, 11) is 0. The van der Waals surface area contributed by atoms with Crippen molar-refractivity contribution in [3.05, 3.63) is 71.8 Å². The summed E-state index contributed by atoms with van der Waals surface area (Å²) in [6, 6.07) is 20.7. The SMILES string of the molecule is NCC[C@H](O)CN(Cc1ccccc1)Cc1ccccc1. The van der Waals surface area contributed by atoms with Crippen LogP contribution in [0.5, 0.6) is 0 Å². The predicted molar refractivity (Wildman–Crippen MR) is 86.7 cm³/mol. The summed E-state index contributed by atoms with van der Waals surface area (Å²) in [4.78, 5) is 2.27. The van der Waals surface area contributed by atoms with E-state index in [1.54, 1.807) is 0 Å². The second-order valence-corrected chi connectivity index (χ2v) is 5.37. The molecule has 1 atom stereocenters. The molecule has 0 saturated carbocycles. The van der Waals surface area contributed by atoms with Crippen LogP contribution in [0.4, 0.5) is 0 Å². The third-order valence-electron chi connectivity index (χ3n) is 3.47. The molecule has 2 aromatic rings. The highest BCUT2D eigenvalue weighted by Gasteiger charge is 2.12. The molecular weight excluding hydrogens is 260 g/mol. The summed E-state index contributed by atoms with van der Waals surface area (Å²) in [6.07, 6.45) is 0.266. The molecule has 3 N–H and O–H groups in total. The van der Waals surface area contributed by atoms with Crippen molar-refractivity contribution in [3.63, 3.8) is 0 Å². The zero-order valence-electron chi connectivity index (χ0n) is 12.4. The van der Waals surface area contributed by atoms with Crippen molar-refractivity contribution in [2.75, 3.05) is 13.1 Å². The monoisotopic (exact) mass is 284 g/mol. The lowest BCUT2D eigenvalue weighted by Gasteiger charge is -2.25. The number of aliphatic hydroxyl groups excluding tert-OH is 1. The molecule has 0 unspecified atom stereocenters. The van der Waals surface area contributed by atoms with E-state index in [2.05, 4.69) is 29.2 Å². The second-order valence-electron chi connectivity index (χ2n) is 5.37. The van der Waals surface area contributed by atoms with Gasteiger partial charge in [0.05, 0.1) is 6.10 Å². The van der Waals surface area contributed by atoms with Gasteiger partial charge in [-0.15, -0.1) is 0 Å². The third-order valence-corrected chi connectivity index (χ3v) is 3.47. The van der Waals surface area contributed by atoms with Crippen LogP contribution in [0.25, 0.3) is 0 Å². The average Bonchev–Trinajstić information content (AvgIpc) is 2.49. The molecule has 3 heteroatoms. The van der Waals surface area contributed by atoms with E-state index in [0.29, 0.717) is 19.5 Å². The van der Waals surface area contributed by atoms with E-state index in [1.165, 1.54) is 11.1 Å². The summed E-state index contributed by atoms with van der Waals surface area (Å²) in [5.74, 6) is 0. The van der Waals surface area contributed by atoms with Crippen LogP contribution < -0.4 is 5.73 Å². The molecule has 0 radical (unpaired) electrons. The first-order valence-corrected chi connectivity index (χ1v) is 7.46. The van der Waals surface area contributed by atoms with Crippen LogP contribution in [0, 0.1) is 0 Å². The normalized spacial score (nSPS) is 12.5. The number of aliphatic hydroxyl groups is 1. The highest BCUT2D eigenvalue weighted by atomic mass is 16.3. The Kier molecular flexibility index (Phi) is 6.41. The molecule has 0 saturated heterocycles. The van der Waals surface area contributed by atoms with Crippen LogP contribution in [0.3, 0.4) is 0 Å². The van der Waals surface area contributed by atoms with Crippen LogP contribution in [0.2, 0.25) is 0 Å². The van der Waals surface area contributed by atoms with Gasteiger partial charge < -0.3 is 10.8 Å². The van der Waals surface area contributed by atoms with Gasteiger partial charge in [0.15, 0.2) is 0 Å². The molecular formula is C18H24N2O. The third kappa shape index (κ3) is 5.68. The number of nitrogens with two attached hydrogens (primary N) is 1. The lowest BCUT2D eigenvalue weighted by molar-refractivity contribution is 0.0995. The Bertz CT molecular complexity index is 460. The van der Waals surface area contributed by atoms with E-state index in [-0.39, 0.29) is 6.10 Å². The Balaban J connectivity index is 2.02. The fraction of sp³-hybridized carbons (Fsp3) is 0.333. The highest BCUT2D eigenvalue weighted by Crippen LogP contribution is 2.11. The van der Waals surface area contributed by atoms with E-state index < -0.39 is 0 Å². The van der Waals surface area contributed by atoms with Crippen molar-refractivity contribution in [2.45, 2.75) is 25.6 Å². The Morgan fingerprint density at radius 3 is 1.76 bits per heavy atom. The van der Waals surface area contributed by atoms with Gasteiger partial charge in [-0.1, -0.05) is 60.7 Å². The molecule has 0 aliphatic rings. The van der Waals surface area contributed by atoms with Crippen molar-refractivity contribution in [3.8, 4) is 0 Å². The van der Waals surface area contributed by atoms with E-state index >= 15 is 0 Å². The molecule has 0 amide bonds. The van der Waals surface area contributed by atoms with Crippen LogP contribution in [-0.4, -0.2) is 29.2 Å². The van der Waals surface area contributed by atoms with Crippen molar-refractivity contribution in [1.82, 2.24) is 4.90 Å². The molecule has 0 bridgehead atoms. The van der Waals surface area contributed by atoms with Gasteiger partial charge in [0.1, 0.15) is 0 Å². The van der Waals surface area contributed by atoms with Crippen LogP contribution in [-0.2, 0) is 13.1 Å². The minimum Gasteiger partial charge on any atom is -0.392 e. The Labute approximate surface area is 127 Å². The Morgan fingerprint density at radius 1 is 0.857 bits per heavy atom. The van der Waals surface area contributed by atoms with Gasteiger partial charge in [-0.05, 0) is 24.1 Å². The molecule has 0 aromatic heterocycles. The number of benzene rings is 2. The molecule has 2 aromatic carbocycles. The van der Waals surface area contributed by atoms with Gasteiger partial charge in [0.2, 0.25) is 0 Å². The van der Waals surface area contributed by atoms with Crippen molar-refractivity contribution in [1.29, 1.82) is 0 Å². The number of hydrogen-bond acceptors (Lipinski definition) is 3. The van der Waals surface area contributed by atoms with Gasteiger partial charge >= 0.3 is 0 Å². The fourth-order valence-electron chi connectivity index (χ4n) is 2.45. The van der Waals surface area contributed by atoms with Crippen molar-refractivity contribution in [2.24, 2.45) is 5.73 Å². The van der Waals surface area contributed by atoms with Crippen LogP contribution >= 0.6 is 0 Å². The molecule has 0 aliphatic heterocycles. The first-order chi connectivity index (χ1) is 10.3. The van der Waals surface area contributed by atoms with Gasteiger partial charge in [-0.25, -0.2) is 0 Å². The fourth-order valence-corrected chi connectivity index (χ4v) is 2.45. The highest BCUT2D eigenvalue weighted by molar-refractivity contribution is 5.17. The Hall–Kier alpha value is -1.68. The zero-order chi connectivity index (χ0) is 14.9. The number of rotatable bonds is 8. The van der Waals surface area contributed by atoms with Crippen LogP contribution in [0.15, 0.2) is 60.7 Å². The summed E-state index contributed by atoms with van der Waals surface area (Å²) in [6.45, 7) is 2.82. The van der Waals surface area contributed by atoms with Gasteiger partial charge in [-0.3, -0.25) is 4.90 Å². The topological polar surface area (TPSA) is 49.5 Å². The first kappa shape index (κ1) is 15.7. The molecule has 112 valence electrons. The molecule has 0 fully saturated rings. The summed E-state index contributed by atoms with van der Waals surface area (Å²) in [5, 5.41) is 10.1. The largest absolute Gasteiger partial charge is 0.392 e. The van der Waals surface area contributed by atoms with E-state index in [0.717, 1.165) is 13.1 Å². The van der Waals surface area contributed by atoms with E-state index in [4.69, 9.17) is 5.73 Å². The van der Waals surface area contributed by atoms with Crippen molar-refractivity contribution >= 4 is 0 Å². The zero-order valence-corrected chi connectivity index (χ0v) is 12.4. The lowest BCUT2D eigenvalue weighted by Crippen LogP contribution is -2.32. The minimum absolute atomic E-state index is 0.373. The smallest absolute Gasteiger partial charge is 0.0679 e. The number of hydrogen-bond donors (Lipinski definition) is 2. The summed E-state index contributed by atoms with van der Waals surface area (Å²) < 4.78 is 0. The second kappa shape index (κ2) is 8.57. The number of nitrogens with zero attached hydrogens (tertiary/aromatic N) is 1. The summed E-state index contributed by atoms with van der Waals surface area (Å²) >= 11 is 0. The van der Waals surface area contributed by atoms with Crippen molar-refractivity contribution < 1.29 is 5.11 Å². The maximum Gasteiger partial charge on any atom is 0.0679 e. The minimum atomic E-state index is -0.373. The standard InChI is InChI=1S/C18H24N2O/c19-12-11-18(21)15-20(13-16-7-3-1-4-8-16)14-17-9-5-2-6-10-17/h1-10,18,21H,11-15,19H2/t18-/m0/s1. The van der Waals surface area contributed by atoms with Gasteiger partial charge in [0, 0.05) is 19.6 Å². The maximum absolute atomic E-state index is 10.1. The molecule has 0 spiro atoms. The molecule has 0 heterocycles. The predicted octanol–water partition coefficient (Wildman–Crippen LogP) is 2.40. The first-order valence-electron chi connectivity index (χ1n) is 7.46. The average molecular weight is 284 g/mol. The summed E-state index contributed by atoms with van der Waals surface area (Å²) in [5.41, 5.74) is 8.05. The Morgan fingerprint density at radius 2 is 1.33 bits per heavy atom. The molecule has 3 nitrogen and oxygen atoms in total. The van der Waals surface area contributed by atoms with E-state index in [9.17, 15) is 5.11 Å². The maximum atomic E-state index is 10.1. The quantitative estimate of drug-likeness (QED) is 0.782. The van der Waals surface area contributed by atoms with Crippen LogP contribution in [0.1, 0.15) is 17.5 Å². The van der Waals surface area contributed by atoms with Gasteiger partial charge in [0.25, 0.3) is 0 Å². The van der Waals surface area contributed by atoms with Gasteiger partial charge in [-0.2, -0.15) is 0 Å². The molecule has 0 aliphatic carbocycles. The lowest BCUT2D eigenvalue weighted by atomic mass is 10.1. The molecule has 21 heavy (non-hydrogen) atoms. The molecule has 2 rings (SSSR count).